The first-order chi connectivity index (χ1) is 8.29. The van der Waals surface area contributed by atoms with Gasteiger partial charge in [-0.2, -0.15) is 0 Å². The van der Waals surface area contributed by atoms with E-state index in [-0.39, 0.29) is 5.82 Å². The number of benzene rings is 2. The topological polar surface area (TPSA) is 0 Å². The average Bonchev–Trinajstić information content (AvgIpc) is 2.37. The predicted octanol–water partition coefficient (Wildman–Crippen LogP) is 4.55. The maximum absolute atomic E-state index is 13.2. The molecule has 1 unspecified atom stereocenters. The van der Waals surface area contributed by atoms with Crippen LogP contribution in [-0.2, 0) is 6.42 Å². The van der Waals surface area contributed by atoms with Crippen molar-refractivity contribution in [2.45, 2.75) is 12.3 Å². The molecule has 0 aromatic heterocycles. The Bertz CT molecular complexity index is 467. The van der Waals surface area contributed by atoms with Crippen molar-refractivity contribution in [3.63, 3.8) is 0 Å². The molecule has 0 saturated heterocycles. The second-order valence-electron chi connectivity index (χ2n) is 4.10. The average molecular weight is 293 g/mol. The first-order valence-corrected chi connectivity index (χ1v) is 6.77. The SMILES string of the molecule is Fc1cccc(C(CBr)Cc2ccccc2)c1. The van der Waals surface area contributed by atoms with E-state index in [1.165, 1.54) is 11.6 Å². The Balaban J connectivity index is 2.17. The van der Waals surface area contributed by atoms with Crippen LogP contribution in [0.5, 0.6) is 0 Å². The Labute approximate surface area is 110 Å². The summed E-state index contributed by atoms with van der Waals surface area (Å²) in [6, 6.07) is 17.1. The molecule has 2 heteroatoms. The molecule has 0 nitrogen and oxygen atoms in total. The Kier molecular flexibility index (Phi) is 4.32. The summed E-state index contributed by atoms with van der Waals surface area (Å²) in [5.41, 5.74) is 2.33. The molecule has 2 rings (SSSR count). The van der Waals surface area contributed by atoms with Gasteiger partial charge in [-0.3, -0.25) is 0 Å². The lowest BCUT2D eigenvalue weighted by atomic mass is 9.94. The number of rotatable bonds is 4. The highest BCUT2D eigenvalue weighted by Gasteiger charge is 2.11. The molecular weight excluding hydrogens is 279 g/mol. The zero-order valence-electron chi connectivity index (χ0n) is 9.44. The molecule has 2 aromatic carbocycles. The quantitative estimate of drug-likeness (QED) is 0.726. The Hall–Kier alpha value is -1.15. The van der Waals surface area contributed by atoms with Crippen LogP contribution in [0.15, 0.2) is 54.6 Å². The summed E-state index contributed by atoms with van der Waals surface area (Å²) in [6.07, 6.45) is 0.926. The van der Waals surface area contributed by atoms with Gasteiger partial charge in [-0.25, -0.2) is 4.39 Å². The van der Waals surface area contributed by atoms with Crippen LogP contribution in [0, 0.1) is 5.82 Å². The van der Waals surface area contributed by atoms with Gasteiger partial charge in [-0.05, 0) is 35.6 Å². The Morgan fingerprint density at radius 1 is 1.00 bits per heavy atom. The van der Waals surface area contributed by atoms with Crippen LogP contribution in [0.4, 0.5) is 4.39 Å². The van der Waals surface area contributed by atoms with Crippen LogP contribution in [0.2, 0.25) is 0 Å². The number of hydrogen-bond donors (Lipinski definition) is 0. The van der Waals surface area contributed by atoms with Gasteiger partial charge in [0.15, 0.2) is 0 Å². The first-order valence-electron chi connectivity index (χ1n) is 5.65. The summed E-state index contributed by atoms with van der Waals surface area (Å²) in [5, 5.41) is 0.839. The Morgan fingerprint density at radius 2 is 1.76 bits per heavy atom. The van der Waals surface area contributed by atoms with Crippen LogP contribution in [-0.4, -0.2) is 5.33 Å². The zero-order chi connectivity index (χ0) is 12.1. The van der Waals surface area contributed by atoms with E-state index < -0.39 is 0 Å². The lowest BCUT2D eigenvalue weighted by Crippen LogP contribution is -2.04. The highest BCUT2D eigenvalue weighted by atomic mass is 79.9. The van der Waals surface area contributed by atoms with E-state index >= 15 is 0 Å². The van der Waals surface area contributed by atoms with Gasteiger partial charge in [0.05, 0.1) is 0 Å². The normalized spacial score (nSPS) is 12.4. The summed E-state index contributed by atoms with van der Waals surface area (Å²) >= 11 is 3.51. The molecule has 0 aliphatic heterocycles. The van der Waals surface area contributed by atoms with Crippen LogP contribution in [0.3, 0.4) is 0 Å². The smallest absolute Gasteiger partial charge is 0.123 e. The first kappa shape index (κ1) is 12.3. The van der Waals surface area contributed by atoms with Crippen LogP contribution < -0.4 is 0 Å². The van der Waals surface area contributed by atoms with Gasteiger partial charge in [0, 0.05) is 5.33 Å². The van der Waals surface area contributed by atoms with Crippen molar-refractivity contribution in [1.29, 1.82) is 0 Å². The molecule has 88 valence electrons. The predicted molar refractivity (Wildman–Crippen MR) is 73.1 cm³/mol. The molecule has 0 radical (unpaired) electrons. The number of hydrogen-bond acceptors (Lipinski definition) is 0. The molecule has 0 bridgehead atoms. The molecule has 0 N–H and O–H groups in total. The molecule has 0 heterocycles. The van der Waals surface area contributed by atoms with Gasteiger partial charge in [-0.15, -0.1) is 0 Å². The molecule has 17 heavy (non-hydrogen) atoms. The lowest BCUT2D eigenvalue weighted by molar-refractivity contribution is 0.621. The zero-order valence-corrected chi connectivity index (χ0v) is 11.0. The molecule has 1 atom stereocenters. The maximum Gasteiger partial charge on any atom is 0.123 e. The van der Waals surface area contributed by atoms with Gasteiger partial charge in [0.25, 0.3) is 0 Å². The van der Waals surface area contributed by atoms with Gasteiger partial charge in [0.2, 0.25) is 0 Å². The van der Waals surface area contributed by atoms with E-state index in [2.05, 4.69) is 28.1 Å². The fourth-order valence-electron chi connectivity index (χ4n) is 1.92. The van der Waals surface area contributed by atoms with Gasteiger partial charge in [0.1, 0.15) is 5.82 Å². The van der Waals surface area contributed by atoms with Gasteiger partial charge in [-0.1, -0.05) is 58.4 Å². The van der Waals surface area contributed by atoms with Crippen molar-refractivity contribution in [3.8, 4) is 0 Å². The van der Waals surface area contributed by atoms with Crippen LogP contribution >= 0.6 is 15.9 Å². The lowest BCUT2D eigenvalue weighted by Gasteiger charge is -2.14. The highest BCUT2D eigenvalue weighted by Crippen LogP contribution is 2.23. The van der Waals surface area contributed by atoms with Crippen molar-refractivity contribution in [2.75, 3.05) is 5.33 Å². The third-order valence-electron chi connectivity index (χ3n) is 2.83. The molecule has 0 saturated carbocycles. The number of alkyl halides is 1. The monoisotopic (exact) mass is 292 g/mol. The van der Waals surface area contributed by atoms with E-state index in [4.69, 9.17) is 0 Å². The summed E-state index contributed by atoms with van der Waals surface area (Å²) < 4.78 is 13.2. The second kappa shape index (κ2) is 5.97. The van der Waals surface area contributed by atoms with Crippen LogP contribution in [0.1, 0.15) is 17.0 Å². The Morgan fingerprint density at radius 3 is 2.41 bits per heavy atom. The highest BCUT2D eigenvalue weighted by molar-refractivity contribution is 9.09. The number of halogens is 2. The molecule has 0 amide bonds. The standard InChI is InChI=1S/C15H14BrF/c16-11-14(9-12-5-2-1-3-6-12)13-7-4-8-15(17)10-13/h1-8,10,14H,9,11H2. The molecule has 0 aliphatic rings. The third kappa shape index (κ3) is 3.40. The minimum atomic E-state index is -0.165. The molecular formula is C15H14BrF. The van der Waals surface area contributed by atoms with Gasteiger partial charge < -0.3 is 0 Å². The van der Waals surface area contributed by atoms with Crippen LogP contribution in [0.25, 0.3) is 0 Å². The minimum Gasteiger partial charge on any atom is -0.207 e. The molecule has 2 aromatic rings. The van der Waals surface area contributed by atoms with Crippen molar-refractivity contribution in [2.24, 2.45) is 0 Å². The largest absolute Gasteiger partial charge is 0.207 e. The van der Waals surface area contributed by atoms with Crippen molar-refractivity contribution >= 4 is 15.9 Å². The van der Waals surface area contributed by atoms with Crippen molar-refractivity contribution in [1.82, 2.24) is 0 Å². The fourth-order valence-corrected chi connectivity index (χ4v) is 2.52. The molecule has 0 aliphatic carbocycles. The van der Waals surface area contributed by atoms with E-state index in [1.54, 1.807) is 12.1 Å². The summed E-state index contributed by atoms with van der Waals surface area (Å²) in [6.45, 7) is 0. The van der Waals surface area contributed by atoms with E-state index in [0.717, 1.165) is 17.3 Å². The third-order valence-corrected chi connectivity index (χ3v) is 3.61. The summed E-state index contributed by atoms with van der Waals surface area (Å²) in [4.78, 5) is 0. The van der Waals surface area contributed by atoms with Crippen molar-refractivity contribution in [3.05, 3.63) is 71.5 Å². The molecule has 0 fully saturated rings. The summed E-state index contributed by atoms with van der Waals surface area (Å²) in [7, 11) is 0. The van der Waals surface area contributed by atoms with E-state index in [0.29, 0.717) is 5.92 Å². The fraction of sp³-hybridized carbons (Fsp3) is 0.200. The van der Waals surface area contributed by atoms with E-state index in [9.17, 15) is 4.39 Å². The van der Waals surface area contributed by atoms with E-state index in [1.807, 2.05) is 24.3 Å². The second-order valence-corrected chi connectivity index (χ2v) is 4.74. The maximum atomic E-state index is 13.2. The summed E-state index contributed by atoms with van der Waals surface area (Å²) in [5.74, 6) is 0.148. The van der Waals surface area contributed by atoms with Gasteiger partial charge >= 0.3 is 0 Å². The molecule has 0 spiro atoms. The van der Waals surface area contributed by atoms with Crippen molar-refractivity contribution < 1.29 is 4.39 Å². The minimum absolute atomic E-state index is 0.165.